The molecule has 5 rings (SSSR count). The third-order valence-electron chi connectivity index (χ3n) is 7.47. The van der Waals surface area contributed by atoms with Gasteiger partial charge in [0.05, 0.1) is 0 Å². The third kappa shape index (κ3) is 1.82. The first-order valence-electron chi connectivity index (χ1n) is 9.75. The highest BCUT2D eigenvalue weighted by Crippen LogP contribution is 2.63. The summed E-state index contributed by atoms with van der Waals surface area (Å²) in [6.45, 7) is 5.02. The highest BCUT2D eigenvalue weighted by Gasteiger charge is 2.53. The van der Waals surface area contributed by atoms with Gasteiger partial charge in [-0.1, -0.05) is 67.5 Å². The van der Waals surface area contributed by atoms with Crippen LogP contribution >= 0.6 is 0 Å². The van der Waals surface area contributed by atoms with Crippen molar-refractivity contribution in [3.05, 3.63) is 70.3 Å². The fraction of sp³-hybridized carbons (Fsp3) is 0.478. The van der Waals surface area contributed by atoms with E-state index in [-0.39, 0.29) is 0 Å². The number of allylic oxidation sites excluding steroid dienone is 12. The average Bonchev–Trinajstić information content (AvgIpc) is 2.83. The fourth-order valence-corrected chi connectivity index (χ4v) is 6.26. The monoisotopic (exact) mass is 314 g/mol. The Morgan fingerprint density at radius 1 is 1.08 bits per heavy atom. The number of hydrogen-bond donors (Lipinski definition) is 0. The van der Waals surface area contributed by atoms with Crippen LogP contribution in [0.25, 0.3) is 0 Å². The van der Waals surface area contributed by atoms with Gasteiger partial charge in [-0.3, -0.25) is 0 Å². The molecule has 0 aromatic heterocycles. The van der Waals surface area contributed by atoms with E-state index >= 15 is 0 Å². The molecule has 1 heteroatoms. The normalized spacial score (nSPS) is 38.5. The summed E-state index contributed by atoms with van der Waals surface area (Å²) in [6, 6.07) is 0. The quantitative estimate of drug-likeness (QED) is 0.559. The van der Waals surface area contributed by atoms with Crippen LogP contribution in [0.5, 0.6) is 0 Å². The van der Waals surface area contributed by atoms with Crippen molar-refractivity contribution in [2.24, 2.45) is 29.1 Å². The van der Waals surface area contributed by atoms with E-state index in [4.69, 9.17) is 0 Å². The molecule has 0 heterocycles. The molecule has 0 aromatic rings. The predicted molar refractivity (Wildman–Crippen MR) is 104 cm³/mol. The van der Waals surface area contributed by atoms with Crippen LogP contribution in [0.2, 0.25) is 0 Å². The number of rotatable bonds is 0. The molecular formula is C23H27B. The second kappa shape index (κ2) is 5.00. The number of hydrogen-bond acceptors (Lipinski definition) is 0. The fourth-order valence-electron chi connectivity index (χ4n) is 6.26. The van der Waals surface area contributed by atoms with Gasteiger partial charge in [-0.2, -0.15) is 0 Å². The Labute approximate surface area is 147 Å². The Morgan fingerprint density at radius 2 is 1.88 bits per heavy atom. The molecule has 0 spiro atoms. The molecule has 4 unspecified atom stereocenters. The summed E-state index contributed by atoms with van der Waals surface area (Å²) in [5.74, 6) is 2.63. The molecule has 0 amide bonds. The van der Waals surface area contributed by atoms with E-state index in [1.807, 2.05) is 0 Å². The van der Waals surface area contributed by atoms with E-state index in [2.05, 4.69) is 64.2 Å². The SMILES string of the molecule is BC1=CC2=C(C3C=CC=CC13)C1C3=C(CCC=C3)CCC1C2(C)C. The van der Waals surface area contributed by atoms with Gasteiger partial charge in [-0.05, 0) is 54.1 Å². The molecule has 4 atom stereocenters. The first kappa shape index (κ1) is 14.8. The summed E-state index contributed by atoms with van der Waals surface area (Å²) in [4.78, 5) is 0. The molecule has 0 nitrogen and oxygen atoms in total. The molecule has 5 aliphatic carbocycles. The van der Waals surface area contributed by atoms with E-state index in [9.17, 15) is 0 Å². The molecule has 0 saturated carbocycles. The molecule has 0 saturated heterocycles. The summed E-state index contributed by atoms with van der Waals surface area (Å²) < 4.78 is 0. The highest BCUT2D eigenvalue weighted by atomic mass is 14.6. The Kier molecular flexibility index (Phi) is 3.09. The van der Waals surface area contributed by atoms with Crippen LogP contribution in [0, 0.1) is 29.1 Å². The second-order valence-corrected chi connectivity index (χ2v) is 8.92. The van der Waals surface area contributed by atoms with Crippen LogP contribution in [-0.2, 0) is 0 Å². The summed E-state index contributed by atoms with van der Waals surface area (Å²) in [6.07, 6.45) is 22.2. The first-order valence-corrected chi connectivity index (χ1v) is 9.75. The molecule has 5 aliphatic rings. The molecule has 122 valence electrons. The molecule has 0 aromatic carbocycles. The maximum absolute atomic E-state index is 2.56. The zero-order chi connectivity index (χ0) is 16.5. The zero-order valence-electron chi connectivity index (χ0n) is 15.2. The zero-order valence-corrected chi connectivity index (χ0v) is 15.2. The van der Waals surface area contributed by atoms with Gasteiger partial charge < -0.3 is 0 Å². The third-order valence-corrected chi connectivity index (χ3v) is 7.47. The molecule has 0 fully saturated rings. The van der Waals surface area contributed by atoms with Crippen LogP contribution in [0.4, 0.5) is 0 Å². The molecule has 0 N–H and O–H groups in total. The predicted octanol–water partition coefficient (Wildman–Crippen LogP) is 4.88. The van der Waals surface area contributed by atoms with Gasteiger partial charge in [0.2, 0.25) is 0 Å². The topological polar surface area (TPSA) is 0 Å². The van der Waals surface area contributed by atoms with Crippen LogP contribution in [0.15, 0.2) is 70.3 Å². The first-order chi connectivity index (χ1) is 11.6. The molecule has 0 radical (unpaired) electrons. The Balaban J connectivity index is 1.72. The van der Waals surface area contributed by atoms with Crippen molar-refractivity contribution in [2.75, 3.05) is 0 Å². The minimum Gasteiger partial charge on any atom is -0.102 e. The minimum atomic E-state index is 0.311. The lowest BCUT2D eigenvalue weighted by Crippen LogP contribution is -2.31. The molecule has 0 aliphatic heterocycles. The van der Waals surface area contributed by atoms with Gasteiger partial charge in [0.1, 0.15) is 7.85 Å². The van der Waals surface area contributed by atoms with Crippen LogP contribution < -0.4 is 0 Å². The van der Waals surface area contributed by atoms with Crippen molar-refractivity contribution in [2.45, 2.75) is 39.5 Å². The van der Waals surface area contributed by atoms with Crippen molar-refractivity contribution in [1.29, 1.82) is 0 Å². The Bertz CT molecular complexity index is 781. The minimum absolute atomic E-state index is 0.311. The summed E-state index contributed by atoms with van der Waals surface area (Å²) in [7, 11) is 2.34. The van der Waals surface area contributed by atoms with E-state index in [1.54, 1.807) is 27.8 Å². The van der Waals surface area contributed by atoms with Crippen molar-refractivity contribution in [1.82, 2.24) is 0 Å². The number of fused-ring (bicyclic) bond motifs is 5. The van der Waals surface area contributed by atoms with Crippen molar-refractivity contribution < 1.29 is 0 Å². The maximum atomic E-state index is 2.56. The lowest BCUT2D eigenvalue weighted by atomic mass is 9.63. The van der Waals surface area contributed by atoms with E-state index < -0.39 is 0 Å². The van der Waals surface area contributed by atoms with Gasteiger partial charge in [0, 0.05) is 11.8 Å². The van der Waals surface area contributed by atoms with Gasteiger partial charge in [-0.15, -0.1) is 5.47 Å². The second-order valence-electron chi connectivity index (χ2n) is 8.92. The van der Waals surface area contributed by atoms with Crippen molar-refractivity contribution >= 4 is 7.85 Å². The van der Waals surface area contributed by atoms with Crippen LogP contribution in [0.3, 0.4) is 0 Å². The van der Waals surface area contributed by atoms with E-state index in [0.717, 1.165) is 5.92 Å². The molecule has 24 heavy (non-hydrogen) atoms. The molecular weight excluding hydrogens is 287 g/mol. The molecule has 0 bridgehead atoms. The Morgan fingerprint density at radius 3 is 2.71 bits per heavy atom. The largest absolute Gasteiger partial charge is 0.134 e. The maximum Gasteiger partial charge on any atom is 0.134 e. The van der Waals surface area contributed by atoms with Gasteiger partial charge in [0.25, 0.3) is 0 Å². The van der Waals surface area contributed by atoms with Crippen molar-refractivity contribution in [3.8, 4) is 0 Å². The lowest BCUT2D eigenvalue weighted by molar-refractivity contribution is 0.226. The van der Waals surface area contributed by atoms with E-state index in [0.29, 0.717) is 23.2 Å². The van der Waals surface area contributed by atoms with Gasteiger partial charge in [0.15, 0.2) is 0 Å². The average molecular weight is 314 g/mol. The van der Waals surface area contributed by atoms with Crippen molar-refractivity contribution in [3.63, 3.8) is 0 Å². The lowest BCUT2D eigenvalue weighted by Gasteiger charge is -2.40. The highest BCUT2D eigenvalue weighted by molar-refractivity contribution is 6.22. The summed E-state index contributed by atoms with van der Waals surface area (Å²) >= 11 is 0. The van der Waals surface area contributed by atoms with Gasteiger partial charge in [-0.25, -0.2) is 0 Å². The van der Waals surface area contributed by atoms with Crippen LogP contribution in [0.1, 0.15) is 39.5 Å². The standard InChI is InChI=1S/C23H27B/c1-23(2)18-12-11-14-7-3-4-8-15(14)21(18)22-17-10-6-5-9-16(17)20(24)13-19(22)23/h4-6,8-10,13,16-18,21H,3,7,11-12,24H2,1-2H3. The summed E-state index contributed by atoms with van der Waals surface area (Å²) in [5.41, 5.74) is 8.76. The van der Waals surface area contributed by atoms with Gasteiger partial charge >= 0.3 is 0 Å². The summed E-state index contributed by atoms with van der Waals surface area (Å²) in [5, 5.41) is 0. The smallest absolute Gasteiger partial charge is 0.102 e. The van der Waals surface area contributed by atoms with E-state index in [1.165, 1.54) is 25.7 Å². The Hall–Kier alpha value is -1.50. The van der Waals surface area contributed by atoms with Crippen LogP contribution in [-0.4, -0.2) is 7.85 Å².